The van der Waals surface area contributed by atoms with Crippen LogP contribution in [-0.2, 0) is 9.53 Å². The van der Waals surface area contributed by atoms with Gasteiger partial charge >= 0.3 is 0 Å². The quantitative estimate of drug-likeness (QED) is 0.654. The normalized spacial score (nSPS) is 16.6. The Morgan fingerprint density at radius 2 is 1.93 bits per heavy atom. The molecule has 0 saturated carbocycles. The van der Waals surface area contributed by atoms with Gasteiger partial charge in [-0.3, -0.25) is 4.79 Å². The number of quaternary nitrogens is 1. The molecule has 1 fully saturated rings. The summed E-state index contributed by atoms with van der Waals surface area (Å²) in [4.78, 5) is 20.7. The Kier molecular flexibility index (Phi) is 6.08. The number of nitrogens with one attached hydrogen (secondary N) is 2. The van der Waals surface area contributed by atoms with Crippen LogP contribution >= 0.6 is 11.3 Å². The molecule has 0 spiro atoms. The molecule has 1 aliphatic rings. The highest BCUT2D eigenvalue weighted by molar-refractivity contribution is 7.18. The second kappa shape index (κ2) is 8.90. The summed E-state index contributed by atoms with van der Waals surface area (Å²) in [6, 6.07) is 16.4. The van der Waals surface area contributed by atoms with E-state index >= 15 is 0 Å². The molecule has 0 bridgehead atoms. The van der Waals surface area contributed by atoms with Crippen molar-refractivity contribution >= 4 is 38.8 Å². The number of carbonyl (C=O) groups excluding carboxylic acids is 1. The second-order valence-corrected chi connectivity index (χ2v) is 8.52. The number of aromatic nitrogens is 1. The second-order valence-electron chi connectivity index (χ2n) is 7.46. The number of hydrogen-bond donors (Lipinski definition) is 2. The summed E-state index contributed by atoms with van der Waals surface area (Å²) in [5.74, 6) is 0.00887. The SMILES string of the molecule is C[C@@H](c1nc2ccccc2s1)[NH+](C)CC(=O)Nc1ccc(N2CCOCC2)cc1. The standard InChI is InChI=1S/C22H26N4O2S/c1-16(22-24-19-5-3-4-6-20(19)29-22)25(2)15-21(27)23-17-7-9-18(10-8-17)26-11-13-28-14-12-26/h3-10,16H,11-15H2,1-2H3,(H,23,27)/p+1/t16-/m0/s1. The lowest BCUT2D eigenvalue weighted by atomic mass is 10.2. The fraction of sp³-hybridized carbons (Fsp3) is 0.364. The lowest BCUT2D eigenvalue weighted by Crippen LogP contribution is -3.10. The topological polar surface area (TPSA) is 58.9 Å². The first-order valence-electron chi connectivity index (χ1n) is 10.0. The van der Waals surface area contributed by atoms with Gasteiger partial charge in [0.25, 0.3) is 5.91 Å². The minimum atomic E-state index is 0.00887. The Balaban J connectivity index is 1.33. The first-order valence-corrected chi connectivity index (χ1v) is 10.8. The van der Waals surface area contributed by atoms with Crippen molar-refractivity contribution in [1.82, 2.24) is 4.98 Å². The van der Waals surface area contributed by atoms with Gasteiger partial charge in [0.1, 0.15) is 6.04 Å². The van der Waals surface area contributed by atoms with Gasteiger partial charge in [-0.1, -0.05) is 12.1 Å². The monoisotopic (exact) mass is 411 g/mol. The van der Waals surface area contributed by atoms with Crippen LogP contribution in [0.1, 0.15) is 18.0 Å². The van der Waals surface area contributed by atoms with E-state index in [9.17, 15) is 4.79 Å². The van der Waals surface area contributed by atoms with E-state index in [0.717, 1.165) is 47.4 Å². The summed E-state index contributed by atoms with van der Waals surface area (Å²) in [6.07, 6.45) is 0. The van der Waals surface area contributed by atoms with Crippen molar-refractivity contribution in [2.45, 2.75) is 13.0 Å². The number of hydrogen-bond acceptors (Lipinski definition) is 5. The molecule has 2 aromatic carbocycles. The summed E-state index contributed by atoms with van der Waals surface area (Å²) in [7, 11) is 2.04. The summed E-state index contributed by atoms with van der Waals surface area (Å²) in [5, 5.41) is 4.08. The lowest BCUT2D eigenvalue weighted by molar-refractivity contribution is -0.902. The molecule has 152 valence electrons. The number of thiazole rings is 1. The van der Waals surface area contributed by atoms with Gasteiger partial charge in [0.05, 0.1) is 30.5 Å². The Labute approximate surface area is 175 Å². The van der Waals surface area contributed by atoms with Crippen LogP contribution < -0.4 is 15.1 Å². The predicted octanol–water partition coefficient (Wildman–Crippen LogP) is 2.35. The Morgan fingerprint density at radius 3 is 2.66 bits per heavy atom. The van der Waals surface area contributed by atoms with Crippen LogP contribution in [0.15, 0.2) is 48.5 Å². The lowest BCUT2D eigenvalue weighted by Gasteiger charge is -2.28. The van der Waals surface area contributed by atoms with Crippen LogP contribution in [0, 0.1) is 0 Å². The molecule has 1 saturated heterocycles. The van der Waals surface area contributed by atoms with Crippen LogP contribution in [0.2, 0.25) is 0 Å². The minimum absolute atomic E-state index is 0.00887. The fourth-order valence-electron chi connectivity index (χ4n) is 3.47. The van der Waals surface area contributed by atoms with Crippen LogP contribution in [0.25, 0.3) is 10.2 Å². The molecule has 0 radical (unpaired) electrons. The minimum Gasteiger partial charge on any atom is -0.378 e. The molecule has 7 heteroatoms. The van der Waals surface area contributed by atoms with Crippen LogP contribution in [0.5, 0.6) is 0 Å². The molecule has 2 N–H and O–H groups in total. The molecule has 0 aliphatic carbocycles. The average Bonchev–Trinajstić information content (AvgIpc) is 3.18. The first kappa shape index (κ1) is 19.8. The van der Waals surface area contributed by atoms with Gasteiger partial charge in [0.2, 0.25) is 0 Å². The smallest absolute Gasteiger partial charge is 0.279 e. The van der Waals surface area contributed by atoms with Crippen molar-refractivity contribution in [3.05, 3.63) is 53.5 Å². The average molecular weight is 412 g/mol. The molecule has 1 aliphatic heterocycles. The number of nitrogens with zero attached hydrogens (tertiary/aromatic N) is 2. The molecular formula is C22H27N4O2S+. The Morgan fingerprint density at radius 1 is 1.21 bits per heavy atom. The van der Waals surface area contributed by atoms with E-state index in [1.165, 1.54) is 10.4 Å². The van der Waals surface area contributed by atoms with Gasteiger partial charge in [0, 0.05) is 24.5 Å². The molecule has 3 aromatic rings. The zero-order valence-corrected chi connectivity index (χ0v) is 17.7. The molecule has 29 heavy (non-hydrogen) atoms. The van der Waals surface area contributed by atoms with Gasteiger partial charge in [0.15, 0.2) is 11.6 Å². The van der Waals surface area contributed by atoms with Gasteiger partial charge < -0.3 is 19.9 Å². The maximum Gasteiger partial charge on any atom is 0.279 e. The maximum absolute atomic E-state index is 12.5. The van der Waals surface area contributed by atoms with E-state index in [1.54, 1.807) is 11.3 Å². The Hall–Kier alpha value is -2.48. The van der Waals surface area contributed by atoms with Crippen molar-refractivity contribution in [2.24, 2.45) is 0 Å². The van der Waals surface area contributed by atoms with Crippen LogP contribution in [-0.4, -0.2) is 50.8 Å². The number of fused-ring (bicyclic) bond motifs is 1. The fourth-order valence-corrected chi connectivity index (χ4v) is 4.59. The summed E-state index contributed by atoms with van der Waals surface area (Å²) >= 11 is 1.70. The van der Waals surface area contributed by atoms with E-state index in [4.69, 9.17) is 9.72 Å². The predicted molar refractivity (Wildman–Crippen MR) is 118 cm³/mol. The third-order valence-corrected chi connectivity index (χ3v) is 6.61. The number of ether oxygens (including phenoxy) is 1. The van der Waals surface area contributed by atoms with E-state index in [0.29, 0.717) is 6.54 Å². The molecule has 2 atom stereocenters. The number of amides is 1. The summed E-state index contributed by atoms with van der Waals surface area (Å²) in [5.41, 5.74) is 3.02. The highest BCUT2D eigenvalue weighted by Gasteiger charge is 2.22. The highest BCUT2D eigenvalue weighted by Crippen LogP contribution is 2.24. The zero-order chi connectivity index (χ0) is 20.2. The molecular weight excluding hydrogens is 384 g/mol. The number of carbonyl (C=O) groups is 1. The van der Waals surface area contributed by atoms with Crippen LogP contribution in [0.4, 0.5) is 11.4 Å². The molecule has 6 nitrogen and oxygen atoms in total. The third kappa shape index (κ3) is 4.75. The number of para-hydroxylation sites is 1. The van der Waals surface area contributed by atoms with Gasteiger partial charge in [-0.05, 0) is 43.3 Å². The van der Waals surface area contributed by atoms with Crippen molar-refractivity contribution in [3.63, 3.8) is 0 Å². The molecule has 1 aromatic heterocycles. The van der Waals surface area contributed by atoms with E-state index < -0.39 is 0 Å². The van der Waals surface area contributed by atoms with Gasteiger partial charge in [-0.25, -0.2) is 4.98 Å². The van der Waals surface area contributed by atoms with E-state index in [2.05, 4.69) is 35.3 Å². The van der Waals surface area contributed by atoms with Crippen molar-refractivity contribution < 1.29 is 14.4 Å². The van der Waals surface area contributed by atoms with E-state index in [1.807, 2.05) is 37.4 Å². The number of likely N-dealkylation sites (N-methyl/N-ethyl adjacent to an activating group) is 1. The molecule has 1 unspecified atom stereocenters. The summed E-state index contributed by atoms with van der Waals surface area (Å²) in [6.45, 7) is 5.85. The molecule has 2 heterocycles. The molecule has 1 amide bonds. The highest BCUT2D eigenvalue weighted by atomic mass is 32.1. The van der Waals surface area contributed by atoms with Crippen molar-refractivity contribution in [3.8, 4) is 0 Å². The van der Waals surface area contributed by atoms with Crippen LogP contribution in [0.3, 0.4) is 0 Å². The summed E-state index contributed by atoms with van der Waals surface area (Å²) < 4.78 is 6.59. The number of rotatable bonds is 6. The third-order valence-electron chi connectivity index (χ3n) is 5.39. The number of morpholine rings is 1. The Bertz CT molecular complexity index is 933. The van der Waals surface area contributed by atoms with Gasteiger partial charge in [-0.15, -0.1) is 11.3 Å². The van der Waals surface area contributed by atoms with Crippen molar-refractivity contribution in [1.29, 1.82) is 0 Å². The van der Waals surface area contributed by atoms with Crippen molar-refractivity contribution in [2.75, 3.05) is 50.1 Å². The number of anilines is 2. The zero-order valence-electron chi connectivity index (χ0n) is 16.9. The molecule has 4 rings (SSSR count). The van der Waals surface area contributed by atoms with Gasteiger partial charge in [-0.2, -0.15) is 0 Å². The number of benzene rings is 2. The van der Waals surface area contributed by atoms with E-state index in [-0.39, 0.29) is 11.9 Å². The largest absolute Gasteiger partial charge is 0.378 e. The first-order chi connectivity index (χ1) is 14.1. The maximum atomic E-state index is 12.5.